The van der Waals surface area contributed by atoms with Crippen LogP contribution in [0.4, 0.5) is 5.69 Å². The lowest BCUT2D eigenvalue weighted by molar-refractivity contribution is 0.249. The van der Waals surface area contributed by atoms with Gasteiger partial charge in [-0.25, -0.2) is 0 Å². The Morgan fingerprint density at radius 2 is 1.66 bits per heavy atom. The molecule has 0 spiro atoms. The van der Waals surface area contributed by atoms with Crippen molar-refractivity contribution in [2.75, 3.05) is 45.3 Å². The second-order valence-electron chi connectivity index (χ2n) is 8.06. The molecule has 0 bridgehead atoms. The molecule has 3 aromatic carbocycles. The van der Waals surface area contributed by atoms with Crippen molar-refractivity contribution < 1.29 is 13.9 Å². The summed E-state index contributed by atoms with van der Waals surface area (Å²) in [6.45, 7) is 4.56. The fourth-order valence-electron chi connectivity index (χ4n) is 4.40. The summed E-state index contributed by atoms with van der Waals surface area (Å²) in [5, 5.41) is 1.19. The quantitative estimate of drug-likeness (QED) is 0.441. The number of hydrogen-bond donors (Lipinski definition) is 0. The number of methoxy groups -OCH3 is 2. The number of ether oxygens (including phenoxy) is 2. The van der Waals surface area contributed by atoms with Crippen molar-refractivity contribution in [2.45, 2.75) is 6.54 Å². The number of piperazine rings is 1. The van der Waals surface area contributed by atoms with Crippen molar-refractivity contribution in [2.24, 2.45) is 0 Å². The predicted octanol–water partition coefficient (Wildman–Crippen LogP) is 4.29. The smallest absolute Gasteiger partial charge is 0.200 e. The second-order valence-corrected chi connectivity index (χ2v) is 8.06. The number of rotatable bonds is 5. The van der Waals surface area contributed by atoms with E-state index in [0.717, 1.165) is 49.7 Å². The fourth-order valence-corrected chi connectivity index (χ4v) is 4.40. The Morgan fingerprint density at radius 3 is 2.44 bits per heavy atom. The average molecular weight is 431 g/mol. The maximum absolute atomic E-state index is 13.1. The molecule has 1 fully saturated rings. The monoisotopic (exact) mass is 430 g/mol. The summed E-state index contributed by atoms with van der Waals surface area (Å²) < 4.78 is 16.8. The van der Waals surface area contributed by atoms with Crippen molar-refractivity contribution in [3.63, 3.8) is 0 Å². The van der Waals surface area contributed by atoms with Gasteiger partial charge in [-0.1, -0.05) is 18.2 Å². The predicted molar refractivity (Wildman–Crippen MR) is 127 cm³/mol. The van der Waals surface area contributed by atoms with Gasteiger partial charge < -0.3 is 18.8 Å². The van der Waals surface area contributed by atoms with Gasteiger partial charge in [0, 0.05) is 38.8 Å². The summed E-state index contributed by atoms with van der Waals surface area (Å²) in [7, 11) is 3.31. The van der Waals surface area contributed by atoms with E-state index in [1.807, 2.05) is 36.4 Å². The number of hydrogen-bond acceptors (Lipinski definition) is 6. The molecule has 0 N–H and O–H groups in total. The van der Waals surface area contributed by atoms with Gasteiger partial charge in [-0.3, -0.25) is 9.69 Å². The van der Waals surface area contributed by atoms with Crippen molar-refractivity contribution in [1.29, 1.82) is 0 Å². The average Bonchev–Trinajstić information content (AvgIpc) is 2.84. The lowest BCUT2D eigenvalue weighted by atomic mass is 10.1. The summed E-state index contributed by atoms with van der Waals surface area (Å²) in [6.07, 6.45) is 0. The molecule has 1 saturated heterocycles. The van der Waals surface area contributed by atoms with Crippen LogP contribution in [0.5, 0.6) is 11.5 Å². The Kier molecular flexibility index (Phi) is 5.45. The lowest BCUT2D eigenvalue weighted by Crippen LogP contribution is -2.46. The zero-order valence-electron chi connectivity index (χ0n) is 18.3. The van der Waals surface area contributed by atoms with Crippen molar-refractivity contribution in [1.82, 2.24) is 4.90 Å². The molecule has 0 saturated carbocycles. The van der Waals surface area contributed by atoms with E-state index in [-0.39, 0.29) is 5.43 Å². The summed E-state index contributed by atoms with van der Waals surface area (Å²) in [5.74, 6) is 1.58. The van der Waals surface area contributed by atoms with Crippen LogP contribution in [0.1, 0.15) is 5.56 Å². The van der Waals surface area contributed by atoms with Crippen LogP contribution in [-0.2, 0) is 6.54 Å². The van der Waals surface area contributed by atoms with E-state index in [1.165, 1.54) is 0 Å². The highest BCUT2D eigenvalue weighted by molar-refractivity contribution is 5.90. The SMILES string of the molecule is COc1ccc2c(=O)c3cc(CN4CCN(c5ccccc5OC)CC4)ccc3oc2c1. The third-order valence-electron chi connectivity index (χ3n) is 6.15. The molecule has 0 atom stereocenters. The summed E-state index contributed by atoms with van der Waals surface area (Å²) in [6, 6.07) is 19.4. The molecule has 2 heterocycles. The van der Waals surface area contributed by atoms with Gasteiger partial charge in [0.15, 0.2) is 0 Å². The van der Waals surface area contributed by atoms with E-state index in [4.69, 9.17) is 13.9 Å². The highest BCUT2D eigenvalue weighted by Gasteiger charge is 2.20. The number of fused-ring (bicyclic) bond motifs is 2. The van der Waals surface area contributed by atoms with Crippen LogP contribution < -0.4 is 19.8 Å². The number of benzene rings is 3. The van der Waals surface area contributed by atoms with Crippen LogP contribution in [0.25, 0.3) is 21.9 Å². The van der Waals surface area contributed by atoms with E-state index < -0.39 is 0 Å². The normalized spacial score (nSPS) is 14.8. The first-order valence-electron chi connectivity index (χ1n) is 10.8. The Labute approximate surface area is 186 Å². The molecule has 5 rings (SSSR count). The molecule has 1 aliphatic rings. The molecule has 0 aliphatic carbocycles. The number of anilines is 1. The second kappa shape index (κ2) is 8.55. The molecule has 1 aliphatic heterocycles. The molecule has 6 nitrogen and oxygen atoms in total. The standard InChI is InChI=1S/C26H26N2O4/c1-30-19-8-9-20-25(16-19)32-23-10-7-18(15-21(23)26(20)29)17-27-11-13-28(14-12-27)22-5-3-4-6-24(22)31-2/h3-10,15-16H,11-14,17H2,1-2H3. The maximum atomic E-state index is 13.1. The van der Waals surface area contributed by atoms with Gasteiger partial charge in [0.25, 0.3) is 0 Å². The highest BCUT2D eigenvalue weighted by Crippen LogP contribution is 2.29. The minimum absolute atomic E-state index is 0.00764. The largest absolute Gasteiger partial charge is 0.497 e. The first-order valence-corrected chi connectivity index (χ1v) is 10.8. The van der Waals surface area contributed by atoms with Gasteiger partial charge in [0.2, 0.25) is 5.43 Å². The molecule has 6 heteroatoms. The molecule has 0 radical (unpaired) electrons. The van der Waals surface area contributed by atoms with Crippen LogP contribution in [0.2, 0.25) is 0 Å². The Morgan fingerprint density at radius 1 is 0.844 bits per heavy atom. The summed E-state index contributed by atoms with van der Waals surface area (Å²) in [5.41, 5.74) is 3.39. The number of nitrogens with zero attached hydrogens (tertiary/aromatic N) is 2. The zero-order chi connectivity index (χ0) is 22.1. The number of para-hydroxylation sites is 2. The van der Waals surface area contributed by atoms with E-state index >= 15 is 0 Å². The Balaban J connectivity index is 1.34. The summed E-state index contributed by atoms with van der Waals surface area (Å²) >= 11 is 0. The molecular formula is C26H26N2O4. The van der Waals surface area contributed by atoms with Gasteiger partial charge in [0.1, 0.15) is 22.7 Å². The fraction of sp³-hybridized carbons (Fsp3) is 0.269. The van der Waals surface area contributed by atoms with E-state index in [1.54, 1.807) is 32.4 Å². The van der Waals surface area contributed by atoms with Gasteiger partial charge in [-0.05, 0) is 42.0 Å². The first-order chi connectivity index (χ1) is 15.7. The van der Waals surface area contributed by atoms with E-state index in [0.29, 0.717) is 27.7 Å². The third-order valence-corrected chi connectivity index (χ3v) is 6.15. The van der Waals surface area contributed by atoms with Crippen LogP contribution in [0.3, 0.4) is 0 Å². The third kappa shape index (κ3) is 3.78. The molecule has 0 unspecified atom stereocenters. The minimum Gasteiger partial charge on any atom is -0.497 e. The molecule has 164 valence electrons. The van der Waals surface area contributed by atoms with Crippen LogP contribution in [0.15, 0.2) is 69.9 Å². The van der Waals surface area contributed by atoms with Gasteiger partial charge in [-0.15, -0.1) is 0 Å². The van der Waals surface area contributed by atoms with Crippen molar-refractivity contribution >= 4 is 27.6 Å². The molecule has 1 aromatic heterocycles. The van der Waals surface area contributed by atoms with Crippen molar-refractivity contribution in [3.05, 3.63) is 76.5 Å². The van der Waals surface area contributed by atoms with Gasteiger partial charge in [-0.2, -0.15) is 0 Å². The van der Waals surface area contributed by atoms with Crippen molar-refractivity contribution in [3.8, 4) is 11.5 Å². The molecule has 4 aromatic rings. The van der Waals surface area contributed by atoms with Gasteiger partial charge in [0.05, 0.1) is 30.7 Å². The molecule has 32 heavy (non-hydrogen) atoms. The molecular weight excluding hydrogens is 404 g/mol. The van der Waals surface area contributed by atoms with E-state index in [9.17, 15) is 4.79 Å². The van der Waals surface area contributed by atoms with Crippen LogP contribution in [0, 0.1) is 0 Å². The molecule has 0 amide bonds. The Bertz CT molecular complexity index is 1320. The lowest BCUT2D eigenvalue weighted by Gasteiger charge is -2.36. The first kappa shape index (κ1) is 20.4. The minimum atomic E-state index is -0.00764. The van der Waals surface area contributed by atoms with Crippen LogP contribution >= 0.6 is 0 Å². The Hall–Kier alpha value is -3.51. The summed E-state index contributed by atoms with van der Waals surface area (Å²) in [4.78, 5) is 17.8. The van der Waals surface area contributed by atoms with Crippen LogP contribution in [-0.4, -0.2) is 45.3 Å². The zero-order valence-corrected chi connectivity index (χ0v) is 18.3. The topological polar surface area (TPSA) is 55.2 Å². The van der Waals surface area contributed by atoms with Gasteiger partial charge >= 0.3 is 0 Å². The highest BCUT2D eigenvalue weighted by atomic mass is 16.5. The maximum Gasteiger partial charge on any atom is 0.200 e. The van der Waals surface area contributed by atoms with E-state index in [2.05, 4.69) is 15.9 Å².